The van der Waals surface area contributed by atoms with Crippen molar-refractivity contribution in [2.45, 2.75) is 18.9 Å². The van der Waals surface area contributed by atoms with E-state index in [9.17, 15) is 18.4 Å². The summed E-state index contributed by atoms with van der Waals surface area (Å²) in [6, 6.07) is -0.316. The van der Waals surface area contributed by atoms with Gasteiger partial charge in [0.15, 0.2) is 0 Å². The van der Waals surface area contributed by atoms with Crippen LogP contribution in [0.3, 0.4) is 0 Å². The standard InChI is InChI=1S/C10H11ClF2N2O3/c1-15-4-5(11)2-7(15)9(16)14-6(10(17)18)3-8(12)13/h2,4,6,8H,3H2,1H3,(H,14,16)(H,17,18). The fourth-order valence-electron chi connectivity index (χ4n) is 1.38. The number of halogens is 3. The lowest BCUT2D eigenvalue weighted by molar-refractivity contribution is -0.140. The zero-order valence-corrected chi connectivity index (χ0v) is 10.1. The van der Waals surface area contributed by atoms with Gasteiger partial charge in [0.25, 0.3) is 5.91 Å². The van der Waals surface area contributed by atoms with Crippen molar-refractivity contribution in [2.24, 2.45) is 7.05 Å². The number of carbonyl (C=O) groups is 2. The molecule has 1 amide bonds. The minimum Gasteiger partial charge on any atom is -0.480 e. The van der Waals surface area contributed by atoms with Crippen LogP contribution in [0.25, 0.3) is 0 Å². The van der Waals surface area contributed by atoms with Gasteiger partial charge >= 0.3 is 5.97 Å². The Morgan fingerprint density at radius 2 is 2.17 bits per heavy atom. The van der Waals surface area contributed by atoms with Gasteiger partial charge in [0.1, 0.15) is 11.7 Å². The average Bonchev–Trinajstić information content (AvgIpc) is 2.56. The van der Waals surface area contributed by atoms with Crippen molar-refractivity contribution >= 4 is 23.5 Å². The highest BCUT2D eigenvalue weighted by atomic mass is 35.5. The monoisotopic (exact) mass is 280 g/mol. The van der Waals surface area contributed by atoms with Gasteiger partial charge in [-0.3, -0.25) is 4.79 Å². The van der Waals surface area contributed by atoms with Crippen molar-refractivity contribution in [3.63, 3.8) is 0 Å². The van der Waals surface area contributed by atoms with E-state index in [2.05, 4.69) is 0 Å². The molecule has 0 bridgehead atoms. The van der Waals surface area contributed by atoms with Gasteiger partial charge in [0.2, 0.25) is 6.43 Å². The summed E-state index contributed by atoms with van der Waals surface area (Å²) in [5, 5.41) is 11.0. The van der Waals surface area contributed by atoms with E-state index in [0.29, 0.717) is 5.02 Å². The quantitative estimate of drug-likeness (QED) is 0.859. The number of aryl methyl sites for hydroxylation is 1. The Labute approximate surface area is 106 Å². The van der Waals surface area contributed by atoms with Crippen LogP contribution in [-0.2, 0) is 11.8 Å². The van der Waals surface area contributed by atoms with E-state index >= 15 is 0 Å². The highest BCUT2D eigenvalue weighted by Gasteiger charge is 2.25. The molecule has 1 rings (SSSR count). The van der Waals surface area contributed by atoms with E-state index in [1.165, 1.54) is 23.9 Å². The Kier molecular flexibility index (Phi) is 4.66. The molecule has 18 heavy (non-hydrogen) atoms. The molecule has 1 heterocycles. The molecular formula is C10H11ClF2N2O3. The van der Waals surface area contributed by atoms with Crippen molar-refractivity contribution < 1.29 is 23.5 Å². The Hall–Kier alpha value is -1.63. The van der Waals surface area contributed by atoms with Gasteiger partial charge < -0.3 is 15.0 Å². The summed E-state index contributed by atoms with van der Waals surface area (Å²) in [4.78, 5) is 22.4. The number of hydrogen-bond donors (Lipinski definition) is 2. The number of carbonyl (C=O) groups excluding carboxylic acids is 1. The van der Waals surface area contributed by atoms with Crippen LogP contribution >= 0.6 is 11.6 Å². The van der Waals surface area contributed by atoms with E-state index in [1.807, 2.05) is 5.32 Å². The smallest absolute Gasteiger partial charge is 0.326 e. The highest BCUT2D eigenvalue weighted by Crippen LogP contribution is 2.13. The molecule has 1 unspecified atom stereocenters. The third-order valence-corrected chi connectivity index (χ3v) is 2.43. The molecule has 0 fully saturated rings. The maximum absolute atomic E-state index is 12.1. The van der Waals surface area contributed by atoms with Gasteiger partial charge in [-0.25, -0.2) is 13.6 Å². The normalized spacial score (nSPS) is 12.5. The van der Waals surface area contributed by atoms with Crippen LogP contribution in [0.1, 0.15) is 16.9 Å². The number of aliphatic carboxylic acids is 1. The maximum atomic E-state index is 12.1. The molecule has 0 aliphatic carbocycles. The summed E-state index contributed by atoms with van der Waals surface area (Å²) in [6.07, 6.45) is -2.32. The summed E-state index contributed by atoms with van der Waals surface area (Å²) in [5.74, 6) is -2.28. The van der Waals surface area contributed by atoms with Gasteiger partial charge in [-0.05, 0) is 6.07 Å². The lowest BCUT2D eigenvalue weighted by Gasteiger charge is -2.14. The number of amides is 1. The highest BCUT2D eigenvalue weighted by molar-refractivity contribution is 6.31. The molecule has 5 nitrogen and oxygen atoms in total. The molecule has 0 radical (unpaired) electrons. The second-order valence-corrected chi connectivity index (χ2v) is 4.08. The van der Waals surface area contributed by atoms with E-state index in [4.69, 9.17) is 16.7 Å². The zero-order chi connectivity index (χ0) is 13.9. The molecule has 0 saturated carbocycles. The molecule has 0 spiro atoms. The molecule has 1 atom stereocenters. The zero-order valence-electron chi connectivity index (χ0n) is 9.36. The van der Waals surface area contributed by atoms with E-state index in [-0.39, 0.29) is 5.69 Å². The second-order valence-electron chi connectivity index (χ2n) is 3.65. The van der Waals surface area contributed by atoms with E-state index in [0.717, 1.165) is 0 Å². The average molecular weight is 281 g/mol. The molecule has 0 aliphatic heterocycles. The first-order chi connectivity index (χ1) is 8.31. The third kappa shape index (κ3) is 3.69. The number of carboxylic acids is 1. The van der Waals surface area contributed by atoms with Crippen molar-refractivity contribution in [1.29, 1.82) is 0 Å². The van der Waals surface area contributed by atoms with Crippen LogP contribution in [0.4, 0.5) is 8.78 Å². The maximum Gasteiger partial charge on any atom is 0.326 e. The van der Waals surface area contributed by atoms with Crippen molar-refractivity contribution in [1.82, 2.24) is 9.88 Å². The number of alkyl halides is 2. The van der Waals surface area contributed by atoms with Gasteiger partial charge in [-0.1, -0.05) is 11.6 Å². The van der Waals surface area contributed by atoms with Crippen LogP contribution in [0.15, 0.2) is 12.3 Å². The Morgan fingerprint density at radius 3 is 2.56 bits per heavy atom. The first-order valence-electron chi connectivity index (χ1n) is 4.95. The van der Waals surface area contributed by atoms with E-state index < -0.39 is 30.8 Å². The van der Waals surface area contributed by atoms with Crippen LogP contribution < -0.4 is 5.32 Å². The second kappa shape index (κ2) is 5.81. The fourth-order valence-corrected chi connectivity index (χ4v) is 1.63. The molecule has 8 heteroatoms. The van der Waals surface area contributed by atoms with Crippen molar-refractivity contribution in [2.75, 3.05) is 0 Å². The number of nitrogens with zero attached hydrogens (tertiary/aromatic N) is 1. The SMILES string of the molecule is Cn1cc(Cl)cc1C(=O)NC(CC(F)F)C(=O)O. The van der Waals surface area contributed by atoms with Crippen LogP contribution in [0.5, 0.6) is 0 Å². The molecule has 0 aliphatic rings. The molecule has 0 aromatic carbocycles. The first-order valence-corrected chi connectivity index (χ1v) is 5.32. The minimum absolute atomic E-state index is 0.0977. The lowest BCUT2D eigenvalue weighted by atomic mass is 10.2. The molecule has 2 N–H and O–H groups in total. The van der Waals surface area contributed by atoms with Crippen LogP contribution in [0.2, 0.25) is 5.02 Å². The molecule has 1 aromatic rings. The summed E-state index contributed by atoms with van der Waals surface area (Å²) in [6.45, 7) is 0. The number of nitrogens with one attached hydrogen (secondary N) is 1. The van der Waals surface area contributed by atoms with Crippen molar-refractivity contribution in [3.8, 4) is 0 Å². The van der Waals surface area contributed by atoms with Gasteiger partial charge in [0, 0.05) is 19.7 Å². The molecule has 0 saturated heterocycles. The Morgan fingerprint density at radius 1 is 1.56 bits per heavy atom. The fraction of sp³-hybridized carbons (Fsp3) is 0.400. The summed E-state index contributed by atoms with van der Waals surface area (Å²) in [7, 11) is 1.53. The van der Waals surface area contributed by atoms with Gasteiger partial charge in [-0.2, -0.15) is 0 Å². The number of rotatable bonds is 5. The van der Waals surface area contributed by atoms with Gasteiger partial charge in [0.05, 0.1) is 5.02 Å². The molecular weight excluding hydrogens is 270 g/mol. The predicted molar refractivity (Wildman–Crippen MR) is 59.9 cm³/mol. The minimum atomic E-state index is -2.82. The van der Waals surface area contributed by atoms with Gasteiger partial charge in [-0.15, -0.1) is 0 Å². The first kappa shape index (κ1) is 14.4. The number of aromatic nitrogens is 1. The Balaban J connectivity index is 2.78. The number of hydrogen-bond acceptors (Lipinski definition) is 2. The lowest BCUT2D eigenvalue weighted by Crippen LogP contribution is -2.42. The molecule has 100 valence electrons. The summed E-state index contributed by atoms with van der Waals surface area (Å²) in [5.41, 5.74) is 0.0977. The van der Waals surface area contributed by atoms with Crippen molar-refractivity contribution in [3.05, 3.63) is 23.0 Å². The van der Waals surface area contributed by atoms with E-state index in [1.54, 1.807) is 0 Å². The Bertz CT molecular complexity index is 462. The summed E-state index contributed by atoms with van der Waals surface area (Å²) >= 11 is 5.66. The van der Waals surface area contributed by atoms with Crippen LogP contribution in [0, 0.1) is 0 Å². The third-order valence-electron chi connectivity index (χ3n) is 2.22. The number of carboxylic acid groups (broad SMARTS) is 1. The largest absolute Gasteiger partial charge is 0.480 e. The summed E-state index contributed by atoms with van der Waals surface area (Å²) < 4.78 is 25.7. The topological polar surface area (TPSA) is 71.3 Å². The van der Waals surface area contributed by atoms with Crippen LogP contribution in [-0.4, -0.2) is 34.0 Å². The predicted octanol–water partition coefficient (Wildman–Crippen LogP) is 1.52. The molecule has 1 aromatic heterocycles.